The van der Waals surface area contributed by atoms with Gasteiger partial charge in [0.2, 0.25) is 0 Å². The van der Waals surface area contributed by atoms with Crippen molar-refractivity contribution in [3.05, 3.63) is 0 Å². The van der Waals surface area contributed by atoms with Crippen molar-refractivity contribution < 1.29 is 4.84 Å². The third-order valence-electron chi connectivity index (χ3n) is 1.74. The van der Waals surface area contributed by atoms with Crippen LogP contribution in [0.1, 0.15) is 19.3 Å². The molecule has 0 aliphatic heterocycles. The van der Waals surface area contributed by atoms with Crippen LogP contribution in [0.4, 0.5) is 0 Å². The van der Waals surface area contributed by atoms with E-state index in [4.69, 9.17) is 16.3 Å². The van der Waals surface area contributed by atoms with Gasteiger partial charge in [-0.2, -0.15) is 0 Å². The second-order valence-corrected chi connectivity index (χ2v) is 3.13. The van der Waals surface area contributed by atoms with Gasteiger partial charge in [0.05, 0.1) is 6.61 Å². The van der Waals surface area contributed by atoms with Crippen LogP contribution in [0, 0.1) is 0 Å². The van der Waals surface area contributed by atoms with E-state index in [1.165, 1.54) is 0 Å². The van der Waals surface area contributed by atoms with Crippen molar-refractivity contribution in [3.8, 4) is 0 Å². The summed E-state index contributed by atoms with van der Waals surface area (Å²) in [5.74, 6) is 0. The van der Waals surface area contributed by atoms with Gasteiger partial charge in [0.15, 0.2) is 0 Å². The SMILES string of the molecule is NCCCNCCCONCCCN. The summed E-state index contributed by atoms with van der Waals surface area (Å²) in [6, 6.07) is 0. The molecule has 5 nitrogen and oxygen atoms in total. The third kappa shape index (κ3) is 11.8. The van der Waals surface area contributed by atoms with Gasteiger partial charge in [0, 0.05) is 6.54 Å². The van der Waals surface area contributed by atoms with E-state index < -0.39 is 0 Å². The maximum Gasteiger partial charge on any atom is 0.0694 e. The van der Waals surface area contributed by atoms with E-state index in [2.05, 4.69) is 10.8 Å². The Morgan fingerprint density at radius 3 is 2.21 bits per heavy atom. The Morgan fingerprint density at radius 1 is 0.857 bits per heavy atom. The smallest absolute Gasteiger partial charge is 0.0694 e. The van der Waals surface area contributed by atoms with Gasteiger partial charge in [-0.15, -0.1) is 0 Å². The summed E-state index contributed by atoms with van der Waals surface area (Å²) in [6.07, 6.45) is 3.00. The van der Waals surface area contributed by atoms with Crippen LogP contribution in [-0.2, 0) is 4.84 Å². The minimum Gasteiger partial charge on any atom is -0.330 e. The minimum atomic E-state index is 0.705. The molecule has 0 aliphatic carbocycles. The molecule has 0 aliphatic rings. The van der Waals surface area contributed by atoms with E-state index in [1.54, 1.807) is 0 Å². The molecule has 0 bridgehead atoms. The van der Waals surface area contributed by atoms with Gasteiger partial charge in [-0.3, -0.25) is 0 Å². The van der Waals surface area contributed by atoms with Gasteiger partial charge in [0.1, 0.15) is 0 Å². The number of nitrogens with one attached hydrogen (secondary N) is 2. The summed E-state index contributed by atoms with van der Waals surface area (Å²) >= 11 is 0. The highest BCUT2D eigenvalue weighted by molar-refractivity contribution is 4.47. The first-order valence-corrected chi connectivity index (χ1v) is 5.37. The summed E-state index contributed by atoms with van der Waals surface area (Å²) in [4.78, 5) is 5.17. The number of hydrogen-bond acceptors (Lipinski definition) is 5. The van der Waals surface area contributed by atoms with Crippen molar-refractivity contribution in [2.45, 2.75) is 19.3 Å². The highest BCUT2D eigenvalue weighted by atomic mass is 16.6. The summed E-state index contributed by atoms with van der Waals surface area (Å²) in [5, 5.41) is 3.28. The standard InChI is InChI=1S/C9H24N4O/c10-4-1-6-12-7-3-9-14-13-8-2-5-11/h12-13H,1-11H2. The first-order chi connectivity index (χ1) is 6.91. The zero-order chi connectivity index (χ0) is 10.5. The van der Waals surface area contributed by atoms with E-state index in [9.17, 15) is 0 Å². The van der Waals surface area contributed by atoms with E-state index in [-0.39, 0.29) is 0 Å². The molecular weight excluding hydrogens is 180 g/mol. The van der Waals surface area contributed by atoms with E-state index in [0.717, 1.165) is 52.0 Å². The fourth-order valence-corrected chi connectivity index (χ4v) is 0.940. The van der Waals surface area contributed by atoms with E-state index in [1.807, 2.05) is 0 Å². The Balaban J connectivity index is 2.78. The van der Waals surface area contributed by atoms with Crippen molar-refractivity contribution in [1.29, 1.82) is 0 Å². The van der Waals surface area contributed by atoms with Gasteiger partial charge < -0.3 is 21.6 Å². The van der Waals surface area contributed by atoms with E-state index >= 15 is 0 Å². The van der Waals surface area contributed by atoms with Crippen LogP contribution in [0.15, 0.2) is 0 Å². The Labute approximate surface area is 86.5 Å². The zero-order valence-electron chi connectivity index (χ0n) is 8.93. The lowest BCUT2D eigenvalue weighted by Crippen LogP contribution is -2.23. The molecule has 0 fully saturated rings. The third-order valence-corrected chi connectivity index (χ3v) is 1.74. The maximum absolute atomic E-state index is 5.35. The molecule has 0 rings (SSSR count). The Bertz CT molecular complexity index is 90.8. The Hall–Kier alpha value is -0.200. The highest BCUT2D eigenvalue weighted by Crippen LogP contribution is 1.79. The summed E-state index contributed by atoms with van der Waals surface area (Å²) in [7, 11) is 0. The van der Waals surface area contributed by atoms with E-state index in [0.29, 0.717) is 6.54 Å². The molecule has 0 atom stereocenters. The molecule has 0 saturated heterocycles. The molecule has 86 valence electrons. The zero-order valence-corrected chi connectivity index (χ0v) is 8.93. The van der Waals surface area contributed by atoms with Gasteiger partial charge >= 0.3 is 0 Å². The monoisotopic (exact) mass is 204 g/mol. The molecule has 0 aromatic heterocycles. The van der Waals surface area contributed by atoms with Crippen molar-refractivity contribution >= 4 is 0 Å². The molecule has 5 heteroatoms. The number of rotatable bonds is 11. The quantitative estimate of drug-likeness (QED) is 0.261. The minimum absolute atomic E-state index is 0.705. The molecular formula is C9H24N4O. The van der Waals surface area contributed by atoms with Gasteiger partial charge in [-0.25, -0.2) is 5.48 Å². The van der Waals surface area contributed by atoms with Gasteiger partial charge in [-0.05, 0) is 45.4 Å². The molecule has 0 spiro atoms. The average Bonchev–Trinajstić information content (AvgIpc) is 2.21. The predicted molar refractivity (Wildman–Crippen MR) is 58.8 cm³/mol. The van der Waals surface area contributed by atoms with Crippen molar-refractivity contribution in [2.75, 3.05) is 39.3 Å². The fourth-order valence-electron chi connectivity index (χ4n) is 0.940. The Morgan fingerprint density at radius 2 is 1.50 bits per heavy atom. The molecule has 6 N–H and O–H groups in total. The second-order valence-electron chi connectivity index (χ2n) is 3.13. The first-order valence-electron chi connectivity index (χ1n) is 5.37. The van der Waals surface area contributed by atoms with Crippen LogP contribution in [0.2, 0.25) is 0 Å². The van der Waals surface area contributed by atoms with Crippen molar-refractivity contribution in [1.82, 2.24) is 10.8 Å². The number of hydroxylamine groups is 1. The molecule has 14 heavy (non-hydrogen) atoms. The van der Waals surface area contributed by atoms with Crippen LogP contribution >= 0.6 is 0 Å². The summed E-state index contributed by atoms with van der Waals surface area (Å²) in [6.45, 7) is 5.01. The number of hydrogen-bond donors (Lipinski definition) is 4. The van der Waals surface area contributed by atoms with Crippen LogP contribution in [0.5, 0.6) is 0 Å². The molecule has 0 radical (unpaired) electrons. The van der Waals surface area contributed by atoms with Crippen LogP contribution in [0.25, 0.3) is 0 Å². The lowest BCUT2D eigenvalue weighted by atomic mass is 10.4. The van der Waals surface area contributed by atoms with Crippen molar-refractivity contribution in [2.24, 2.45) is 11.5 Å². The lowest BCUT2D eigenvalue weighted by molar-refractivity contribution is 0.0396. The lowest BCUT2D eigenvalue weighted by Gasteiger charge is -2.05. The van der Waals surface area contributed by atoms with Crippen LogP contribution < -0.4 is 22.3 Å². The topological polar surface area (TPSA) is 85.3 Å². The molecule has 0 saturated carbocycles. The normalized spacial score (nSPS) is 10.7. The summed E-state index contributed by atoms with van der Waals surface area (Å²) in [5.41, 5.74) is 13.5. The second kappa shape index (κ2) is 12.8. The molecule has 0 unspecified atom stereocenters. The molecule has 0 heterocycles. The first kappa shape index (κ1) is 13.8. The molecule has 0 aromatic carbocycles. The summed E-state index contributed by atoms with van der Waals surface area (Å²) < 4.78 is 0. The predicted octanol–water partition coefficient (Wildman–Crippen LogP) is -0.815. The maximum atomic E-state index is 5.35. The molecule has 0 aromatic rings. The Kier molecular flexibility index (Phi) is 12.6. The van der Waals surface area contributed by atoms with Gasteiger partial charge in [0.25, 0.3) is 0 Å². The fraction of sp³-hybridized carbons (Fsp3) is 1.00. The van der Waals surface area contributed by atoms with Crippen LogP contribution in [0.3, 0.4) is 0 Å². The average molecular weight is 204 g/mol. The number of nitrogens with two attached hydrogens (primary N) is 2. The van der Waals surface area contributed by atoms with Crippen molar-refractivity contribution in [3.63, 3.8) is 0 Å². The van der Waals surface area contributed by atoms with Crippen LogP contribution in [-0.4, -0.2) is 39.3 Å². The highest BCUT2D eigenvalue weighted by Gasteiger charge is 1.89. The largest absolute Gasteiger partial charge is 0.330 e. The molecule has 0 amide bonds. The van der Waals surface area contributed by atoms with Gasteiger partial charge in [-0.1, -0.05) is 0 Å².